The van der Waals surface area contributed by atoms with Crippen LogP contribution in [0.4, 0.5) is 0 Å². The molecule has 0 aliphatic carbocycles. The summed E-state index contributed by atoms with van der Waals surface area (Å²) in [5.41, 5.74) is 1.22. The number of rotatable bonds is 8. The van der Waals surface area contributed by atoms with Gasteiger partial charge in [-0.3, -0.25) is 9.59 Å². The Kier molecular flexibility index (Phi) is 8.11. The molecule has 0 aliphatic rings. The molecule has 0 bridgehead atoms. The van der Waals surface area contributed by atoms with Crippen molar-refractivity contribution in [3.05, 3.63) is 41.0 Å². The third-order valence-electron chi connectivity index (χ3n) is 3.03. The summed E-state index contributed by atoms with van der Waals surface area (Å²) in [5.74, 6) is -0.604. The Bertz CT molecular complexity index is 601. The predicted molar refractivity (Wildman–Crippen MR) is 87.5 cm³/mol. The van der Waals surface area contributed by atoms with E-state index in [0.29, 0.717) is 37.3 Å². The van der Waals surface area contributed by atoms with Crippen molar-refractivity contribution in [3.63, 3.8) is 0 Å². The van der Waals surface area contributed by atoms with E-state index in [9.17, 15) is 9.59 Å². The van der Waals surface area contributed by atoms with Gasteiger partial charge >= 0.3 is 0 Å². The second-order valence-electron chi connectivity index (χ2n) is 4.68. The highest BCUT2D eigenvalue weighted by Gasteiger charge is 2.08. The Morgan fingerprint density at radius 3 is 2.57 bits per heavy atom. The van der Waals surface area contributed by atoms with E-state index in [1.807, 2.05) is 13.0 Å². The van der Waals surface area contributed by atoms with Crippen LogP contribution in [0.3, 0.4) is 0 Å². The molecule has 0 unspecified atom stereocenters. The monoisotopic (exact) mass is 315 g/mol. The number of hydrogen-bond donors (Lipinski definition) is 2. The summed E-state index contributed by atoms with van der Waals surface area (Å²) in [7, 11) is 1.56. The first-order valence-electron chi connectivity index (χ1n) is 7.42. The second kappa shape index (κ2) is 10.1. The molecule has 122 valence electrons. The zero-order valence-electron chi connectivity index (χ0n) is 13.4. The smallest absolute Gasteiger partial charge is 0.261 e. The van der Waals surface area contributed by atoms with Crippen molar-refractivity contribution >= 4 is 17.9 Å². The molecule has 0 fully saturated rings. The Labute approximate surface area is 136 Å². The summed E-state index contributed by atoms with van der Waals surface area (Å²) in [5, 5.41) is 14.3. The maximum Gasteiger partial charge on any atom is 0.261 e. The van der Waals surface area contributed by atoms with E-state index in [1.54, 1.807) is 31.3 Å². The molecule has 2 amide bonds. The summed E-state index contributed by atoms with van der Waals surface area (Å²) in [6.07, 6.45) is 2.19. The number of benzene rings is 1. The van der Waals surface area contributed by atoms with Gasteiger partial charge in [0.15, 0.2) is 0 Å². The van der Waals surface area contributed by atoms with Gasteiger partial charge in [-0.2, -0.15) is 5.26 Å². The Hall–Kier alpha value is -2.65. The van der Waals surface area contributed by atoms with Gasteiger partial charge in [0.05, 0.1) is 0 Å². The SMILES string of the molecule is CCOCCCNC(=O)/C(C#N)=C\c1ccc(C(=O)NC)cc1. The lowest BCUT2D eigenvalue weighted by Gasteiger charge is -2.05. The molecule has 6 heteroatoms. The minimum Gasteiger partial charge on any atom is -0.382 e. The third kappa shape index (κ3) is 6.32. The van der Waals surface area contributed by atoms with Crippen LogP contribution in [0.15, 0.2) is 29.8 Å². The number of carbonyl (C=O) groups excluding carboxylic acids is 2. The van der Waals surface area contributed by atoms with Gasteiger partial charge in [-0.15, -0.1) is 0 Å². The number of hydrogen-bond acceptors (Lipinski definition) is 4. The molecule has 0 saturated heterocycles. The van der Waals surface area contributed by atoms with Gasteiger partial charge in [0.1, 0.15) is 11.6 Å². The van der Waals surface area contributed by atoms with E-state index >= 15 is 0 Å². The molecule has 0 aromatic heterocycles. The molecule has 0 aliphatic heterocycles. The first-order valence-corrected chi connectivity index (χ1v) is 7.42. The van der Waals surface area contributed by atoms with Gasteiger partial charge in [0.25, 0.3) is 11.8 Å². The fourth-order valence-corrected chi connectivity index (χ4v) is 1.81. The standard InChI is InChI=1S/C17H21N3O3/c1-3-23-10-4-9-20-17(22)15(12-18)11-13-5-7-14(8-6-13)16(21)19-2/h5-8,11H,3-4,9-10H2,1-2H3,(H,19,21)(H,20,22)/b15-11-. The van der Waals surface area contributed by atoms with Crippen LogP contribution >= 0.6 is 0 Å². The second-order valence-corrected chi connectivity index (χ2v) is 4.68. The van der Waals surface area contributed by atoms with Crippen LogP contribution in [0.5, 0.6) is 0 Å². The van der Waals surface area contributed by atoms with Crippen LogP contribution in [-0.2, 0) is 9.53 Å². The average molecular weight is 315 g/mol. The van der Waals surface area contributed by atoms with Crippen LogP contribution in [0.1, 0.15) is 29.3 Å². The molecular weight excluding hydrogens is 294 g/mol. The molecule has 23 heavy (non-hydrogen) atoms. The third-order valence-corrected chi connectivity index (χ3v) is 3.03. The molecule has 0 heterocycles. The average Bonchev–Trinajstić information content (AvgIpc) is 2.59. The van der Waals surface area contributed by atoms with E-state index in [-0.39, 0.29) is 11.5 Å². The number of carbonyl (C=O) groups is 2. The molecule has 0 atom stereocenters. The highest BCUT2D eigenvalue weighted by molar-refractivity contribution is 6.01. The topological polar surface area (TPSA) is 91.2 Å². The molecule has 0 radical (unpaired) electrons. The largest absolute Gasteiger partial charge is 0.382 e. The van der Waals surface area contributed by atoms with Crippen molar-refractivity contribution in [2.24, 2.45) is 0 Å². The number of nitrogens with one attached hydrogen (secondary N) is 2. The quantitative estimate of drug-likeness (QED) is 0.432. The first kappa shape index (κ1) is 18.4. The minimum absolute atomic E-state index is 0.0223. The Morgan fingerprint density at radius 2 is 2.00 bits per heavy atom. The first-order chi connectivity index (χ1) is 11.1. The maximum absolute atomic E-state index is 11.9. The molecule has 1 aromatic rings. The van der Waals surface area contributed by atoms with Crippen LogP contribution in [0, 0.1) is 11.3 Å². The van der Waals surface area contributed by atoms with Gasteiger partial charge in [0, 0.05) is 32.4 Å². The zero-order chi connectivity index (χ0) is 17.1. The summed E-state index contributed by atoms with van der Waals surface area (Å²) in [6, 6.07) is 8.54. The van der Waals surface area contributed by atoms with Gasteiger partial charge in [0.2, 0.25) is 0 Å². The van der Waals surface area contributed by atoms with Crippen molar-refractivity contribution in [1.29, 1.82) is 5.26 Å². The molecule has 2 N–H and O–H groups in total. The number of nitrogens with zero attached hydrogens (tertiary/aromatic N) is 1. The molecule has 0 spiro atoms. The fraction of sp³-hybridized carbons (Fsp3) is 0.353. The molecule has 0 saturated carbocycles. The zero-order valence-corrected chi connectivity index (χ0v) is 13.4. The van der Waals surface area contributed by atoms with Crippen LogP contribution < -0.4 is 10.6 Å². The number of nitriles is 1. The van der Waals surface area contributed by atoms with Gasteiger partial charge in [-0.1, -0.05) is 12.1 Å². The van der Waals surface area contributed by atoms with E-state index in [4.69, 9.17) is 10.00 Å². The normalized spacial score (nSPS) is 10.7. The van der Waals surface area contributed by atoms with Crippen molar-refractivity contribution < 1.29 is 14.3 Å². The highest BCUT2D eigenvalue weighted by atomic mass is 16.5. The van der Waals surface area contributed by atoms with Crippen molar-refractivity contribution in [2.45, 2.75) is 13.3 Å². The van der Waals surface area contributed by atoms with E-state index in [1.165, 1.54) is 6.08 Å². The summed E-state index contributed by atoms with van der Waals surface area (Å²) >= 11 is 0. The molecular formula is C17H21N3O3. The lowest BCUT2D eigenvalue weighted by Crippen LogP contribution is -2.26. The fourth-order valence-electron chi connectivity index (χ4n) is 1.81. The van der Waals surface area contributed by atoms with Crippen LogP contribution in [0.2, 0.25) is 0 Å². The van der Waals surface area contributed by atoms with Gasteiger partial charge in [-0.25, -0.2) is 0 Å². The highest BCUT2D eigenvalue weighted by Crippen LogP contribution is 2.09. The summed E-state index contributed by atoms with van der Waals surface area (Å²) in [6.45, 7) is 3.57. The van der Waals surface area contributed by atoms with E-state index < -0.39 is 5.91 Å². The number of ether oxygens (including phenoxy) is 1. The number of amides is 2. The lowest BCUT2D eigenvalue weighted by molar-refractivity contribution is -0.117. The van der Waals surface area contributed by atoms with Crippen molar-refractivity contribution in [1.82, 2.24) is 10.6 Å². The molecule has 6 nitrogen and oxygen atoms in total. The van der Waals surface area contributed by atoms with Crippen molar-refractivity contribution in [2.75, 3.05) is 26.8 Å². The Balaban J connectivity index is 2.65. The van der Waals surface area contributed by atoms with E-state index in [0.717, 1.165) is 0 Å². The van der Waals surface area contributed by atoms with Gasteiger partial charge in [-0.05, 0) is 37.1 Å². The molecule has 1 aromatic carbocycles. The summed E-state index contributed by atoms with van der Waals surface area (Å²) < 4.78 is 5.17. The van der Waals surface area contributed by atoms with Crippen LogP contribution in [-0.4, -0.2) is 38.6 Å². The molecule has 1 rings (SSSR count). The lowest BCUT2D eigenvalue weighted by atomic mass is 10.1. The maximum atomic E-state index is 11.9. The van der Waals surface area contributed by atoms with E-state index in [2.05, 4.69) is 10.6 Å². The van der Waals surface area contributed by atoms with Gasteiger partial charge < -0.3 is 15.4 Å². The summed E-state index contributed by atoms with van der Waals surface area (Å²) in [4.78, 5) is 23.4. The van der Waals surface area contributed by atoms with Crippen molar-refractivity contribution in [3.8, 4) is 6.07 Å². The van der Waals surface area contributed by atoms with Crippen LogP contribution in [0.25, 0.3) is 6.08 Å². The minimum atomic E-state index is -0.417. The Morgan fingerprint density at radius 1 is 1.30 bits per heavy atom. The predicted octanol–water partition coefficient (Wildman–Crippen LogP) is 1.50.